The monoisotopic (exact) mass is 511 g/mol. The summed E-state index contributed by atoms with van der Waals surface area (Å²) in [6, 6.07) is 28.2. The van der Waals surface area contributed by atoms with E-state index in [1.807, 2.05) is 84.4 Å². The summed E-state index contributed by atoms with van der Waals surface area (Å²) < 4.78 is 14.2. The van der Waals surface area contributed by atoms with Gasteiger partial charge in [0.25, 0.3) is 0 Å². The molecule has 1 aromatic heterocycles. The Morgan fingerprint density at radius 1 is 0.947 bits per heavy atom. The number of hydrogen-bond acceptors (Lipinski definition) is 5. The van der Waals surface area contributed by atoms with Crippen LogP contribution < -0.4 is 4.74 Å². The summed E-state index contributed by atoms with van der Waals surface area (Å²) in [5, 5.41) is 15.8. The molecular weight excluding hydrogens is 474 g/mol. The van der Waals surface area contributed by atoms with Gasteiger partial charge in [-0.05, 0) is 62.4 Å². The Hall–Kier alpha value is -3.45. The van der Waals surface area contributed by atoms with Crippen LogP contribution in [0.15, 0.2) is 84.9 Å². The highest BCUT2D eigenvalue weighted by molar-refractivity contribution is 5.43. The van der Waals surface area contributed by atoms with Gasteiger partial charge in [-0.1, -0.05) is 66.2 Å². The van der Waals surface area contributed by atoms with Crippen molar-refractivity contribution in [2.45, 2.75) is 45.9 Å². The molecule has 38 heavy (non-hydrogen) atoms. The quantitative estimate of drug-likeness (QED) is 0.236. The van der Waals surface area contributed by atoms with Crippen molar-refractivity contribution in [3.05, 3.63) is 107 Å². The van der Waals surface area contributed by atoms with E-state index in [0.29, 0.717) is 38.1 Å². The molecule has 1 N–H and O–H groups in total. The molecule has 1 fully saturated rings. The maximum absolute atomic E-state index is 10.9. The third kappa shape index (κ3) is 7.10. The van der Waals surface area contributed by atoms with Gasteiger partial charge < -0.3 is 14.6 Å². The van der Waals surface area contributed by atoms with E-state index in [2.05, 4.69) is 24.0 Å². The molecule has 1 heterocycles. The van der Waals surface area contributed by atoms with Crippen molar-refractivity contribution in [3.8, 4) is 17.3 Å². The van der Waals surface area contributed by atoms with Gasteiger partial charge in [0.05, 0.1) is 36.3 Å². The summed E-state index contributed by atoms with van der Waals surface area (Å²) in [5.74, 6) is 2.17. The molecule has 0 spiro atoms. The lowest BCUT2D eigenvalue weighted by atomic mass is 10.2. The van der Waals surface area contributed by atoms with Crippen LogP contribution in [-0.4, -0.2) is 45.6 Å². The van der Waals surface area contributed by atoms with Gasteiger partial charge in [-0.2, -0.15) is 5.10 Å². The zero-order valence-electron chi connectivity index (χ0n) is 22.3. The Morgan fingerprint density at radius 2 is 1.63 bits per heavy atom. The molecule has 0 radical (unpaired) electrons. The van der Waals surface area contributed by atoms with Gasteiger partial charge in [0.1, 0.15) is 5.75 Å². The lowest BCUT2D eigenvalue weighted by Crippen LogP contribution is -2.36. The Balaban J connectivity index is 1.34. The summed E-state index contributed by atoms with van der Waals surface area (Å²) in [4.78, 5) is 2.33. The molecule has 198 valence electrons. The van der Waals surface area contributed by atoms with Crippen LogP contribution in [0.4, 0.5) is 0 Å². The first kappa shape index (κ1) is 26.2. The smallest absolute Gasteiger partial charge is 0.227 e. The van der Waals surface area contributed by atoms with Crippen LogP contribution in [0.3, 0.4) is 0 Å². The first-order valence-corrected chi connectivity index (χ1v) is 13.5. The van der Waals surface area contributed by atoms with Crippen molar-refractivity contribution in [1.29, 1.82) is 0 Å². The number of ether oxygens (including phenoxy) is 2. The first-order chi connectivity index (χ1) is 18.5. The highest BCUT2D eigenvalue weighted by atomic mass is 16.5. The second-order valence-electron chi connectivity index (χ2n) is 10.3. The molecule has 6 nitrogen and oxygen atoms in total. The minimum absolute atomic E-state index is 0.297. The Morgan fingerprint density at radius 3 is 2.32 bits per heavy atom. The van der Waals surface area contributed by atoms with Crippen LogP contribution in [0.5, 0.6) is 11.6 Å². The molecule has 6 heteroatoms. The van der Waals surface area contributed by atoms with Crippen molar-refractivity contribution < 1.29 is 14.6 Å². The average molecular weight is 512 g/mol. The van der Waals surface area contributed by atoms with Crippen LogP contribution in [0.2, 0.25) is 0 Å². The third-order valence-electron chi connectivity index (χ3n) is 6.86. The van der Waals surface area contributed by atoms with Crippen LogP contribution in [0.1, 0.15) is 35.2 Å². The minimum atomic E-state index is -0.580. The van der Waals surface area contributed by atoms with E-state index in [9.17, 15) is 5.11 Å². The molecule has 1 aliphatic rings. The Kier molecular flexibility index (Phi) is 8.54. The molecule has 0 amide bonds. The molecule has 0 unspecified atom stereocenters. The minimum Gasteiger partial charge on any atom is -0.439 e. The van der Waals surface area contributed by atoms with Crippen molar-refractivity contribution in [2.24, 2.45) is 5.92 Å². The fraction of sp³-hybridized carbons (Fsp3) is 0.344. The first-order valence-electron chi connectivity index (χ1n) is 13.5. The second kappa shape index (κ2) is 12.4. The van der Waals surface area contributed by atoms with E-state index in [0.717, 1.165) is 34.8 Å². The van der Waals surface area contributed by atoms with E-state index < -0.39 is 6.10 Å². The Bertz CT molecular complexity index is 1290. The van der Waals surface area contributed by atoms with Crippen molar-refractivity contribution >= 4 is 0 Å². The van der Waals surface area contributed by atoms with Crippen molar-refractivity contribution in [3.63, 3.8) is 0 Å². The summed E-state index contributed by atoms with van der Waals surface area (Å²) in [6.07, 6.45) is 1.90. The van der Waals surface area contributed by atoms with Gasteiger partial charge in [0.15, 0.2) is 0 Å². The molecule has 5 rings (SSSR count). The number of aromatic nitrogens is 2. The largest absolute Gasteiger partial charge is 0.439 e. The van der Waals surface area contributed by atoms with Crippen molar-refractivity contribution in [2.75, 3.05) is 19.7 Å². The molecule has 4 aromatic rings. The highest BCUT2D eigenvalue weighted by Crippen LogP contribution is 2.34. The van der Waals surface area contributed by atoms with Crippen LogP contribution >= 0.6 is 0 Å². The second-order valence-corrected chi connectivity index (χ2v) is 10.3. The number of rotatable bonds is 13. The topological polar surface area (TPSA) is 59.8 Å². The zero-order valence-corrected chi connectivity index (χ0v) is 22.3. The number of hydrogen-bond donors (Lipinski definition) is 1. The number of para-hydroxylation sites is 1. The van der Waals surface area contributed by atoms with Gasteiger partial charge in [0, 0.05) is 19.6 Å². The number of aliphatic hydroxyl groups excluding tert-OH is 1. The summed E-state index contributed by atoms with van der Waals surface area (Å²) in [6.45, 7) is 7.01. The molecule has 1 aliphatic carbocycles. The molecule has 0 saturated heterocycles. The standard InChI is InChI=1S/C32H37N3O3/c1-24-13-17-30(18-14-24)38-32-31(25(2)33-35(32)28-11-7-4-8-12-28)21-34(19-26-15-16-26)20-29(36)23-37-22-27-9-5-3-6-10-27/h3-14,17-18,26,29,36H,15-16,19-23H2,1-2H3/t29-/m0/s1. The lowest BCUT2D eigenvalue weighted by Gasteiger charge is -2.25. The summed E-state index contributed by atoms with van der Waals surface area (Å²) in [5.41, 5.74) is 5.20. The third-order valence-corrected chi connectivity index (χ3v) is 6.86. The van der Waals surface area contributed by atoms with E-state index >= 15 is 0 Å². The van der Waals surface area contributed by atoms with E-state index in [1.54, 1.807) is 0 Å². The predicted octanol–water partition coefficient (Wildman–Crippen LogP) is 6.07. The van der Waals surface area contributed by atoms with Gasteiger partial charge in [-0.3, -0.25) is 4.90 Å². The average Bonchev–Trinajstić information content (AvgIpc) is 3.70. The van der Waals surface area contributed by atoms with E-state index in [4.69, 9.17) is 14.6 Å². The molecule has 1 atom stereocenters. The highest BCUT2D eigenvalue weighted by Gasteiger charge is 2.28. The normalized spacial score (nSPS) is 14.1. The summed E-state index contributed by atoms with van der Waals surface area (Å²) >= 11 is 0. The number of nitrogens with zero attached hydrogens (tertiary/aromatic N) is 3. The maximum Gasteiger partial charge on any atom is 0.227 e. The van der Waals surface area contributed by atoms with E-state index in [1.165, 1.54) is 18.4 Å². The van der Waals surface area contributed by atoms with Gasteiger partial charge in [0.2, 0.25) is 5.88 Å². The molecule has 1 saturated carbocycles. The van der Waals surface area contributed by atoms with E-state index in [-0.39, 0.29) is 0 Å². The summed E-state index contributed by atoms with van der Waals surface area (Å²) in [7, 11) is 0. The number of benzene rings is 3. The molecular formula is C32H37N3O3. The van der Waals surface area contributed by atoms with Crippen LogP contribution in [0.25, 0.3) is 5.69 Å². The molecule has 0 aliphatic heterocycles. The number of aliphatic hydroxyl groups is 1. The fourth-order valence-corrected chi connectivity index (χ4v) is 4.62. The van der Waals surface area contributed by atoms with Gasteiger partial charge >= 0.3 is 0 Å². The predicted molar refractivity (Wildman–Crippen MR) is 150 cm³/mol. The van der Waals surface area contributed by atoms with Crippen LogP contribution in [-0.2, 0) is 17.9 Å². The van der Waals surface area contributed by atoms with Gasteiger partial charge in [-0.15, -0.1) is 0 Å². The Labute approximate surface area is 225 Å². The number of aryl methyl sites for hydroxylation is 2. The molecule has 0 bridgehead atoms. The molecule has 3 aromatic carbocycles. The zero-order chi connectivity index (χ0) is 26.3. The van der Waals surface area contributed by atoms with Crippen LogP contribution in [0, 0.1) is 19.8 Å². The van der Waals surface area contributed by atoms with Crippen molar-refractivity contribution in [1.82, 2.24) is 14.7 Å². The van der Waals surface area contributed by atoms with Gasteiger partial charge in [-0.25, -0.2) is 4.68 Å². The fourth-order valence-electron chi connectivity index (χ4n) is 4.62. The maximum atomic E-state index is 10.9. The SMILES string of the molecule is Cc1ccc(Oc2c(CN(CC3CC3)C[C@H](O)COCc3ccccc3)c(C)nn2-c2ccccc2)cc1. The lowest BCUT2D eigenvalue weighted by molar-refractivity contribution is 0.00769.